The number of benzene rings is 2. The van der Waals surface area contributed by atoms with E-state index < -0.39 is 18.8 Å². The third kappa shape index (κ3) is 2.83. The minimum Gasteiger partial charge on any atom is -0.313 e. The van der Waals surface area contributed by atoms with E-state index in [1.807, 2.05) is 6.92 Å². The Bertz CT molecular complexity index is 590. The Morgan fingerprint density at radius 2 is 1.35 bits per heavy atom. The van der Waals surface area contributed by atoms with Crippen molar-refractivity contribution in [1.82, 2.24) is 0 Å². The van der Waals surface area contributed by atoms with Crippen molar-refractivity contribution < 1.29 is 13.3 Å². The summed E-state index contributed by atoms with van der Waals surface area (Å²) in [6.07, 6.45) is 1.78. The summed E-state index contributed by atoms with van der Waals surface area (Å²) in [5.41, 5.74) is 0. The summed E-state index contributed by atoms with van der Waals surface area (Å²) < 4.78 is 41.4. The van der Waals surface area contributed by atoms with Gasteiger partial charge in [-0.3, -0.25) is 0 Å². The van der Waals surface area contributed by atoms with E-state index >= 15 is 0 Å². The van der Waals surface area contributed by atoms with Crippen LogP contribution in [0.4, 0.5) is 8.78 Å². The van der Waals surface area contributed by atoms with Crippen LogP contribution < -0.4 is 10.6 Å². The average Bonchev–Trinajstić information content (AvgIpc) is 2.46. The van der Waals surface area contributed by atoms with E-state index in [0.717, 1.165) is 6.42 Å². The van der Waals surface area contributed by atoms with Gasteiger partial charge in [0, 0.05) is 6.16 Å². The average molecular weight is 294 g/mol. The van der Waals surface area contributed by atoms with Crippen molar-refractivity contribution in [3.05, 3.63) is 60.2 Å². The summed E-state index contributed by atoms with van der Waals surface area (Å²) in [5.74, 6) is -1.06. The summed E-state index contributed by atoms with van der Waals surface area (Å²) in [7, 11) is -3.27. The number of unbranched alkanes of at least 4 members (excludes halogenated alkanes) is 1. The molecule has 0 unspecified atom stereocenters. The quantitative estimate of drug-likeness (QED) is 0.759. The molecule has 0 fully saturated rings. The standard InChI is InChI=1S/C16H17F2OP/c1-2-3-12-20(19,15-10-6-4-8-13(15)17)16-11-7-5-9-14(16)18/h4-11H,2-3,12H2,1H3. The third-order valence-electron chi connectivity index (χ3n) is 3.31. The molecular weight excluding hydrogens is 277 g/mol. The molecule has 0 aliphatic rings. The topological polar surface area (TPSA) is 17.1 Å². The van der Waals surface area contributed by atoms with Gasteiger partial charge in [0.2, 0.25) is 0 Å². The minimum absolute atomic E-state index is 0.124. The van der Waals surface area contributed by atoms with E-state index in [-0.39, 0.29) is 16.8 Å². The summed E-state index contributed by atoms with van der Waals surface area (Å²) >= 11 is 0. The Kier molecular flexibility index (Phi) is 4.72. The van der Waals surface area contributed by atoms with Crippen molar-refractivity contribution >= 4 is 17.8 Å². The number of halogens is 2. The summed E-state index contributed by atoms with van der Waals surface area (Å²) in [6, 6.07) is 11.9. The van der Waals surface area contributed by atoms with Gasteiger partial charge < -0.3 is 4.57 Å². The van der Waals surface area contributed by atoms with E-state index in [1.54, 1.807) is 24.3 Å². The highest BCUT2D eigenvalue weighted by Gasteiger charge is 2.31. The van der Waals surface area contributed by atoms with E-state index in [9.17, 15) is 13.3 Å². The van der Waals surface area contributed by atoms with Crippen LogP contribution in [0.3, 0.4) is 0 Å². The second-order valence-electron chi connectivity index (χ2n) is 4.72. The first-order chi connectivity index (χ1) is 9.59. The highest BCUT2D eigenvalue weighted by molar-refractivity contribution is 7.78. The second kappa shape index (κ2) is 6.32. The highest BCUT2D eigenvalue weighted by Crippen LogP contribution is 2.45. The molecule has 20 heavy (non-hydrogen) atoms. The van der Waals surface area contributed by atoms with Gasteiger partial charge in [-0.25, -0.2) is 8.78 Å². The monoisotopic (exact) mass is 294 g/mol. The normalized spacial score (nSPS) is 11.6. The lowest BCUT2D eigenvalue weighted by atomic mass is 10.3. The van der Waals surface area contributed by atoms with Crippen LogP contribution in [0.15, 0.2) is 48.5 Å². The van der Waals surface area contributed by atoms with Crippen molar-refractivity contribution in [2.24, 2.45) is 0 Å². The van der Waals surface area contributed by atoms with Crippen molar-refractivity contribution in [2.75, 3.05) is 6.16 Å². The van der Waals surface area contributed by atoms with Crippen LogP contribution >= 0.6 is 7.14 Å². The van der Waals surface area contributed by atoms with Crippen LogP contribution in [-0.2, 0) is 4.57 Å². The van der Waals surface area contributed by atoms with Crippen molar-refractivity contribution in [2.45, 2.75) is 19.8 Å². The maximum Gasteiger partial charge on any atom is 0.149 e. The third-order valence-corrected chi connectivity index (χ3v) is 6.54. The Labute approximate surface area is 118 Å². The first-order valence-electron chi connectivity index (χ1n) is 6.69. The minimum atomic E-state index is -3.27. The van der Waals surface area contributed by atoms with E-state index in [1.165, 1.54) is 24.3 Å². The van der Waals surface area contributed by atoms with Crippen molar-refractivity contribution in [3.63, 3.8) is 0 Å². The largest absolute Gasteiger partial charge is 0.313 e. The van der Waals surface area contributed by atoms with Gasteiger partial charge in [-0.2, -0.15) is 0 Å². The molecule has 2 aromatic carbocycles. The molecule has 0 N–H and O–H groups in total. The maximum atomic E-state index is 14.0. The lowest BCUT2D eigenvalue weighted by molar-refractivity contribution is 0.578. The smallest absolute Gasteiger partial charge is 0.149 e. The molecular formula is C16H17F2OP. The fourth-order valence-corrected chi connectivity index (χ4v) is 5.24. The zero-order chi connectivity index (χ0) is 14.6. The van der Waals surface area contributed by atoms with Crippen LogP contribution in [-0.4, -0.2) is 6.16 Å². The Balaban J connectivity index is 2.60. The van der Waals surface area contributed by atoms with E-state index in [4.69, 9.17) is 0 Å². The zero-order valence-corrected chi connectivity index (χ0v) is 12.2. The van der Waals surface area contributed by atoms with E-state index in [2.05, 4.69) is 0 Å². The Hall–Kier alpha value is -1.47. The molecule has 2 aromatic rings. The molecule has 2 rings (SSSR count). The molecule has 0 aromatic heterocycles. The highest BCUT2D eigenvalue weighted by atomic mass is 31.2. The van der Waals surface area contributed by atoms with Gasteiger partial charge in [0.1, 0.15) is 18.8 Å². The van der Waals surface area contributed by atoms with Gasteiger partial charge in [0.15, 0.2) is 0 Å². The van der Waals surface area contributed by atoms with Crippen LogP contribution in [0.25, 0.3) is 0 Å². The Morgan fingerprint density at radius 1 is 0.900 bits per heavy atom. The van der Waals surface area contributed by atoms with Crippen molar-refractivity contribution in [1.29, 1.82) is 0 Å². The fraction of sp³-hybridized carbons (Fsp3) is 0.250. The SMILES string of the molecule is CCCCP(=O)(c1ccccc1F)c1ccccc1F. The second-order valence-corrected chi connectivity index (χ2v) is 7.61. The maximum absolute atomic E-state index is 14.0. The first-order valence-corrected chi connectivity index (χ1v) is 8.58. The molecule has 0 aliphatic heterocycles. The van der Waals surface area contributed by atoms with Crippen molar-refractivity contribution in [3.8, 4) is 0 Å². The van der Waals surface area contributed by atoms with Gasteiger partial charge in [-0.1, -0.05) is 37.6 Å². The molecule has 0 bridgehead atoms. The lowest BCUT2D eigenvalue weighted by Gasteiger charge is -2.20. The molecule has 0 aliphatic carbocycles. The molecule has 0 heterocycles. The van der Waals surface area contributed by atoms with E-state index in [0.29, 0.717) is 6.42 Å². The number of rotatable bonds is 5. The zero-order valence-electron chi connectivity index (χ0n) is 11.4. The van der Waals surface area contributed by atoms with Gasteiger partial charge in [-0.05, 0) is 30.7 Å². The van der Waals surface area contributed by atoms with Gasteiger partial charge in [0.25, 0.3) is 0 Å². The number of hydrogen-bond donors (Lipinski definition) is 0. The molecule has 0 saturated heterocycles. The molecule has 0 spiro atoms. The molecule has 1 nitrogen and oxygen atoms in total. The molecule has 0 radical (unpaired) electrons. The predicted octanol–water partition coefficient (Wildman–Crippen LogP) is 4.08. The molecule has 106 valence electrons. The summed E-state index contributed by atoms with van der Waals surface area (Å²) in [6.45, 7) is 1.97. The molecule has 4 heteroatoms. The van der Waals surface area contributed by atoms with Gasteiger partial charge in [0.05, 0.1) is 10.6 Å². The fourth-order valence-electron chi connectivity index (χ4n) is 2.24. The van der Waals surface area contributed by atoms with Gasteiger partial charge >= 0.3 is 0 Å². The number of hydrogen-bond acceptors (Lipinski definition) is 1. The van der Waals surface area contributed by atoms with Crippen LogP contribution in [0.2, 0.25) is 0 Å². The molecule has 0 atom stereocenters. The summed E-state index contributed by atoms with van der Waals surface area (Å²) in [5, 5.41) is 0.247. The van der Waals surface area contributed by atoms with Crippen LogP contribution in [0, 0.1) is 11.6 Å². The van der Waals surface area contributed by atoms with Crippen LogP contribution in [0.1, 0.15) is 19.8 Å². The van der Waals surface area contributed by atoms with Gasteiger partial charge in [-0.15, -0.1) is 0 Å². The first kappa shape index (κ1) is 14.9. The van der Waals surface area contributed by atoms with Crippen LogP contribution in [0.5, 0.6) is 0 Å². The lowest BCUT2D eigenvalue weighted by Crippen LogP contribution is -2.23. The Morgan fingerprint density at radius 3 is 1.75 bits per heavy atom. The molecule has 0 amide bonds. The summed E-state index contributed by atoms with van der Waals surface area (Å²) in [4.78, 5) is 0. The molecule has 0 saturated carbocycles. The predicted molar refractivity (Wildman–Crippen MR) is 79.4 cm³/mol.